The van der Waals surface area contributed by atoms with E-state index in [0.717, 1.165) is 12.8 Å². The van der Waals surface area contributed by atoms with Gasteiger partial charge in [-0.05, 0) is 18.9 Å². The molecule has 0 amide bonds. The summed E-state index contributed by atoms with van der Waals surface area (Å²) in [5.74, 6) is 1.08. The minimum absolute atomic E-state index is 0.00287. The van der Waals surface area contributed by atoms with Crippen molar-refractivity contribution in [3.63, 3.8) is 0 Å². The van der Waals surface area contributed by atoms with E-state index in [1.807, 2.05) is 0 Å². The Labute approximate surface area is 95.0 Å². The number of rotatable bonds is 2. The predicted molar refractivity (Wildman–Crippen MR) is 54.9 cm³/mol. The molecule has 0 saturated heterocycles. The maximum atomic E-state index is 12.6. The molecule has 2 aromatic rings. The zero-order chi connectivity index (χ0) is 11.3. The molecular formula is C10H8ClF2N3. The van der Waals surface area contributed by atoms with E-state index in [0.29, 0.717) is 17.4 Å². The lowest BCUT2D eigenvalue weighted by atomic mass is 10.3. The van der Waals surface area contributed by atoms with Crippen molar-refractivity contribution >= 4 is 17.2 Å². The summed E-state index contributed by atoms with van der Waals surface area (Å²) in [6, 6.07) is 1.28. The Morgan fingerprint density at radius 1 is 1.44 bits per heavy atom. The van der Waals surface area contributed by atoms with Gasteiger partial charge >= 0.3 is 0 Å². The molecule has 3 nitrogen and oxygen atoms in total. The van der Waals surface area contributed by atoms with Crippen LogP contribution in [0.1, 0.15) is 36.6 Å². The van der Waals surface area contributed by atoms with Crippen LogP contribution in [0.5, 0.6) is 0 Å². The van der Waals surface area contributed by atoms with Crippen molar-refractivity contribution in [3.05, 3.63) is 28.7 Å². The van der Waals surface area contributed by atoms with Crippen LogP contribution >= 0.6 is 11.6 Å². The summed E-state index contributed by atoms with van der Waals surface area (Å²) in [6.07, 6.45) is 1.02. The fourth-order valence-corrected chi connectivity index (χ4v) is 1.90. The highest BCUT2D eigenvalue weighted by atomic mass is 35.5. The van der Waals surface area contributed by atoms with Crippen LogP contribution in [0.3, 0.4) is 0 Å². The van der Waals surface area contributed by atoms with Gasteiger partial charge in [-0.25, -0.2) is 18.3 Å². The zero-order valence-corrected chi connectivity index (χ0v) is 8.96. The number of pyridine rings is 1. The normalized spacial score (nSPS) is 16.2. The van der Waals surface area contributed by atoms with Gasteiger partial charge < -0.3 is 0 Å². The lowest BCUT2D eigenvalue weighted by Crippen LogP contribution is -1.93. The van der Waals surface area contributed by atoms with Gasteiger partial charge in [0.25, 0.3) is 6.43 Å². The van der Waals surface area contributed by atoms with E-state index in [1.165, 1.54) is 16.8 Å². The van der Waals surface area contributed by atoms with E-state index in [4.69, 9.17) is 11.6 Å². The highest BCUT2D eigenvalue weighted by Gasteiger charge is 2.28. The van der Waals surface area contributed by atoms with Crippen molar-refractivity contribution in [2.45, 2.75) is 25.2 Å². The Kier molecular flexibility index (Phi) is 2.10. The van der Waals surface area contributed by atoms with E-state index in [9.17, 15) is 8.78 Å². The smallest absolute Gasteiger partial charge is 0.219 e. The van der Waals surface area contributed by atoms with Crippen LogP contribution in [0.15, 0.2) is 12.3 Å². The van der Waals surface area contributed by atoms with Crippen LogP contribution in [-0.2, 0) is 0 Å². The summed E-state index contributed by atoms with van der Waals surface area (Å²) in [4.78, 5) is 4.20. The first-order valence-electron chi connectivity index (χ1n) is 4.99. The minimum Gasteiger partial charge on any atom is -0.219 e. The van der Waals surface area contributed by atoms with Gasteiger partial charge in [0, 0.05) is 17.7 Å². The number of nitrogens with zero attached hydrogens (tertiary/aromatic N) is 3. The van der Waals surface area contributed by atoms with Crippen LogP contribution in [0.2, 0.25) is 5.02 Å². The minimum atomic E-state index is -2.58. The van der Waals surface area contributed by atoms with E-state index in [2.05, 4.69) is 10.1 Å². The lowest BCUT2D eigenvalue weighted by molar-refractivity contribution is 0.151. The van der Waals surface area contributed by atoms with Gasteiger partial charge in [0.1, 0.15) is 0 Å². The van der Waals surface area contributed by atoms with E-state index < -0.39 is 6.43 Å². The first-order chi connectivity index (χ1) is 7.66. The monoisotopic (exact) mass is 243 g/mol. The Bertz CT molecular complexity index is 548. The number of hydrogen-bond acceptors (Lipinski definition) is 2. The van der Waals surface area contributed by atoms with Gasteiger partial charge in [-0.2, -0.15) is 5.10 Å². The number of hydrogen-bond donors (Lipinski definition) is 0. The first-order valence-corrected chi connectivity index (χ1v) is 5.37. The molecule has 2 heterocycles. The van der Waals surface area contributed by atoms with E-state index in [1.54, 1.807) is 0 Å². The van der Waals surface area contributed by atoms with Gasteiger partial charge in [0.05, 0.1) is 5.02 Å². The number of halogens is 3. The molecule has 0 bridgehead atoms. The van der Waals surface area contributed by atoms with Crippen LogP contribution in [0.25, 0.3) is 5.65 Å². The van der Waals surface area contributed by atoms with Gasteiger partial charge in [-0.1, -0.05) is 11.6 Å². The largest absolute Gasteiger partial charge is 0.265 e. The third-order valence-corrected chi connectivity index (χ3v) is 3.06. The van der Waals surface area contributed by atoms with Crippen molar-refractivity contribution in [3.8, 4) is 0 Å². The summed E-state index contributed by atoms with van der Waals surface area (Å²) in [7, 11) is 0. The van der Waals surface area contributed by atoms with E-state index >= 15 is 0 Å². The average molecular weight is 244 g/mol. The van der Waals surface area contributed by atoms with Gasteiger partial charge in [0.15, 0.2) is 11.5 Å². The zero-order valence-electron chi connectivity index (χ0n) is 8.20. The van der Waals surface area contributed by atoms with Crippen LogP contribution < -0.4 is 0 Å². The molecule has 0 aliphatic heterocycles. The quantitative estimate of drug-likeness (QED) is 0.811. The second-order valence-corrected chi connectivity index (χ2v) is 4.28. The molecule has 0 radical (unpaired) electrons. The van der Waals surface area contributed by atoms with Crippen molar-refractivity contribution in [2.75, 3.05) is 0 Å². The van der Waals surface area contributed by atoms with Crippen LogP contribution in [0, 0.1) is 0 Å². The second kappa shape index (κ2) is 3.38. The average Bonchev–Trinajstić information content (AvgIpc) is 2.99. The number of fused-ring (bicyclic) bond motifs is 1. The molecule has 6 heteroatoms. The molecule has 3 rings (SSSR count). The summed E-state index contributed by atoms with van der Waals surface area (Å²) in [5.41, 5.74) is 0.130. The molecule has 1 aliphatic rings. The Morgan fingerprint density at radius 2 is 2.19 bits per heavy atom. The van der Waals surface area contributed by atoms with Crippen LogP contribution in [0.4, 0.5) is 8.78 Å². The summed E-state index contributed by atoms with van der Waals surface area (Å²) >= 11 is 5.87. The Balaban J connectivity index is 2.18. The van der Waals surface area contributed by atoms with Crippen molar-refractivity contribution in [1.29, 1.82) is 0 Å². The second-order valence-electron chi connectivity index (χ2n) is 3.90. The van der Waals surface area contributed by atoms with Gasteiger partial charge in [-0.3, -0.25) is 0 Å². The third kappa shape index (κ3) is 1.46. The van der Waals surface area contributed by atoms with Crippen molar-refractivity contribution in [1.82, 2.24) is 14.6 Å². The van der Waals surface area contributed by atoms with Crippen molar-refractivity contribution < 1.29 is 8.78 Å². The Morgan fingerprint density at radius 3 is 2.81 bits per heavy atom. The van der Waals surface area contributed by atoms with Crippen LogP contribution in [-0.4, -0.2) is 14.6 Å². The third-order valence-electron chi connectivity index (χ3n) is 2.67. The first kappa shape index (κ1) is 9.96. The molecular weight excluding hydrogens is 236 g/mol. The molecule has 0 N–H and O–H groups in total. The number of alkyl halides is 2. The van der Waals surface area contributed by atoms with Gasteiger partial charge in [0.2, 0.25) is 0 Å². The molecule has 1 saturated carbocycles. The molecule has 84 valence electrons. The number of aromatic nitrogens is 3. The SMILES string of the molecule is FC(F)c1ccn2nc(C3CC3)nc2c1Cl. The molecule has 0 spiro atoms. The van der Waals surface area contributed by atoms with Gasteiger partial charge in [-0.15, -0.1) is 0 Å². The van der Waals surface area contributed by atoms with E-state index in [-0.39, 0.29) is 10.6 Å². The fourth-order valence-electron chi connectivity index (χ4n) is 1.63. The summed E-state index contributed by atoms with van der Waals surface area (Å²) in [5, 5.41) is 4.21. The molecule has 0 unspecified atom stereocenters. The molecule has 0 atom stereocenters. The maximum Gasteiger partial charge on any atom is 0.265 e. The molecule has 16 heavy (non-hydrogen) atoms. The molecule has 2 aromatic heterocycles. The Hall–Kier alpha value is -1.23. The maximum absolute atomic E-state index is 12.6. The summed E-state index contributed by atoms with van der Waals surface area (Å²) < 4.78 is 26.6. The van der Waals surface area contributed by atoms with Crippen molar-refractivity contribution in [2.24, 2.45) is 0 Å². The molecule has 0 aromatic carbocycles. The molecule has 1 fully saturated rings. The topological polar surface area (TPSA) is 30.2 Å². The standard InChI is InChI=1S/C10H8ClF2N3/c11-7-6(8(12)13)3-4-16-10(7)14-9(15-16)5-1-2-5/h3-5,8H,1-2H2. The molecule has 1 aliphatic carbocycles. The lowest BCUT2D eigenvalue weighted by Gasteiger charge is -2.02. The fraction of sp³-hybridized carbons (Fsp3) is 0.400. The predicted octanol–water partition coefficient (Wildman–Crippen LogP) is 3.20. The summed E-state index contributed by atoms with van der Waals surface area (Å²) in [6.45, 7) is 0. The highest BCUT2D eigenvalue weighted by Crippen LogP contribution is 2.39. The highest BCUT2D eigenvalue weighted by molar-refractivity contribution is 6.34.